The number of amides is 1. The third-order valence-electron chi connectivity index (χ3n) is 4.22. The maximum absolute atomic E-state index is 12.1. The van der Waals surface area contributed by atoms with Crippen LogP contribution in [0.2, 0.25) is 0 Å². The lowest BCUT2D eigenvalue weighted by Crippen LogP contribution is -2.23. The van der Waals surface area contributed by atoms with Gasteiger partial charge in [0.05, 0.1) is 14.2 Å². The van der Waals surface area contributed by atoms with Gasteiger partial charge in [-0.2, -0.15) is 0 Å². The molecule has 0 atom stereocenters. The van der Waals surface area contributed by atoms with Crippen LogP contribution in [-0.2, 0) is 17.8 Å². The average molecular weight is 341 g/mol. The lowest BCUT2D eigenvalue weighted by atomic mass is 10.0. The van der Waals surface area contributed by atoms with Gasteiger partial charge < -0.3 is 14.8 Å². The van der Waals surface area contributed by atoms with E-state index in [0.717, 1.165) is 12.0 Å². The number of nitrogens with one attached hydrogen (secondary N) is 1. The molecule has 0 saturated heterocycles. The molecule has 1 N–H and O–H groups in total. The Hall–Kier alpha value is -2.49. The fraction of sp³-hybridized carbons (Fsp3) is 0.381. The summed E-state index contributed by atoms with van der Waals surface area (Å²) in [7, 11) is 3.21. The lowest BCUT2D eigenvalue weighted by molar-refractivity contribution is -0.121. The molecule has 0 aliphatic rings. The molecular formula is C21H27NO3. The first-order valence-electron chi connectivity index (χ1n) is 8.60. The molecule has 0 fully saturated rings. The van der Waals surface area contributed by atoms with Crippen LogP contribution in [0.1, 0.15) is 42.9 Å². The number of aryl methyl sites for hydroxylation is 1. The molecule has 0 aliphatic heterocycles. The molecule has 0 heterocycles. The van der Waals surface area contributed by atoms with E-state index < -0.39 is 0 Å². The number of hydrogen-bond acceptors (Lipinski definition) is 3. The van der Waals surface area contributed by atoms with Gasteiger partial charge in [-0.25, -0.2) is 0 Å². The van der Waals surface area contributed by atoms with E-state index >= 15 is 0 Å². The summed E-state index contributed by atoms with van der Waals surface area (Å²) >= 11 is 0. The van der Waals surface area contributed by atoms with E-state index in [1.807, 2.05) is 18.2 Å². The van der Waals surface area contributed by atoms with Crippen molar-refractivity contribution >= 4 is 5.91 Å². The van der Waals surface area contributed by atoms with E-state index in [4.69, 9.17) is 9.47 Å². The van der Waals surface area contributed by atoms with Crippen LogP contribution in [0.15, 0.2) is 42.5 Å². The number of hydrogen-bond donors (Lipinski definition) is 1. The SMILES string of the molecule is COc1ccc(CNC(=O)CCc2ccc(C(C)C)cc2)cc1OC. The predicted octanol–water partition coefficient (Wildman–Crippen LogP) is 4.08. The second-order valence-corrected chi connectivity index (χ2v) is 6.36. The van der Waals surface area contributed by atoms with Crippen molar-refractivity contribution in [2.45, 2.75) is 39.2 Å². The second-order valence-electron chi connectivity index (χ2n) is 6.36. The molecule has 0 unspecified atom stereocenters. The molecule has 1 amide bonds. The van der Waals surface area contributed by atoms with Crippen molar-refractivity contribution in [3.63, 3.8) is 0 Å². The molecule has 134 valence electrons. The monoisotopic (exact) mass is 341 g/mol. The van der Waals surface area contributed by atoms with Crippen LogP contribution in [0.3, 0.4) is 0 Å². The van der Waals surface area contributed by atoms with Gasteiger partial charge in [0.1, 0.15) is 0 Å². The van der Waals surface area contributed by atoms with Crippen LogP contribution in [0.4, 0.5) is 0 Å². The number of benzene rings is 2. The highest BCUT2D eigenvalue weighted by atomic mass is 16.5. The number of ether oxygens (including phenoxy) is 2. The summed E-state index contributed by atoms with van der Waals surface area (Å²) in [5, 5.41) is 2.95. The third-order valence-corrected chi connectivity index (χ3v) is 4.22. The quantitative estimate of drug-likeness (QED) is 0.787. The Bertz CT molecular complexity index is 693. The molecule has 4 nitrogen and oxygen atoms in total. The Kier molecular flexibility index (Phi) is 6.87. The summed E-state index contributed by atoms with van der Waals surface area (Å²) in [6, 6.07) is 14.1. The summed E-state index contributed by atoms with van der Waals surface area (Å²) in [5.74, 6) is 1.92. The molecule has 0 bridgehead atoms. The van der Waals surface area contributed by atoms with Gasteiger partial charge in [0, 0.05) is 13.0 Å². The first-order chi connectivity index (χ1) is 12.0. The van der Waals surface area contributed by atoms with E-state index in [1.165, 1.54) is 11.1 Å². The molecule has 2 rings (SSSR count). The molecule has 0 aromatic heterocycles. The number of carbonyl (C=O) groups excluding carboxylic acids is 1. The Morgan fingerprint density at radius 1 is 0.960 bits per heavy atom. The Morgan fingerprint density at radius 2 is 1.60 bits per heavy atom. The third kappa shape index (κ3) is 5.52. The van der Waals surface area contributed by atoms with Crippen molar-refractivity contribution < 1.29 is 14.3 Å². The summed E-state index contributed by atoms with van der Waals surface area (Å²) in [6.07, 6.45) is 1.23. The normalized spacial score (nSPS) is 10.6. The lowest BCUT2D eigenvalue weighted by Gasteiger charge is -2.10. The van der Waals surface area contributed by atoms with Gasteiger partial charge in [-0.05, 0) is 41.2 Å². The first-order valence-corrected chi connectivity index (χ1v) is 8.60. The van der Waals surface area contributed by atoms with Crippen molar-refractivity contribution in [3.05, 3.63) is 59.2 Å². The van der Waals surface area contributed by atoms with Crippen LogP contribution in [0, 0.1) is 0 Å². The molecule has 0 aliphatic carbocycles. The minimum atomic E-state index is 0.0442. The van der Waals surface area contributed by atoms with Crippen molar-refractivity contribution in [2.75, 3.05) is 14.2 Å². The van der Waals surface area contributed by atoms with Gasteiger partial charge in [0.2, 0.25) is 5.91 Å². The molecule has 0 radical (unpaired) electrons. The van der Waals surface area contributed by atoms with Crippen LogP contribution < -0.4 is 14.8 Å². The maximum Gasteiger partial charge on any atom is 0.220 e. The van der Waals surface area contributed by atoms with Gasteiger partial charge in [0.25, 0.3) is 0 Å². The van der Waals surface area contributed by atoms with Gasteiger partial charge in [-0.3, -0.25) is 4.79 Å². The maximum atomic E-state index is 12.1. The van der Waals surface area contributed by atoms with Crippen LogP contribution >= 0.6 is 0 Å². The number of methoxy groups -OCH3 is 2. The minimum Gasteiger partial charge on any atom is -0.493 e. The molecule has 0 saturated carbocycles. The zero-order valence-electron chi connectivity index (χ0n) is 15.5. The number of rotatable bonds is 8. The van der Waals surface area contributed by atoms with Gasteiger partial charge in [-0.15, -0.1) is 0 Å². The molecule has 2 aromatic rings. The second kappa shape index (κ2) is 9.11. The summed E-state index contributed by atoms with van der Waals surface area (Å²) in [5.41, 5.74) is 3.49. The van der Waals surface area contributed by atoms with Crippen LogP contribution in [0.25, 0.3) is 0 Å². The van der Waals surface area contributed by atoms with E-state index in [0.29, 0.717) is 30.4 Å². The van der Waals surface area contributed by atoms with Crippen molar-refractivity contribution in [2.24, 2.45) is 0 Å². The highest BCUT2D eigenvalue weighted by Gasteiger charge is 2.07. The fourth-order valence-electron chi connectivity index (χ4n) is 2.61. The first kappa shape index (κ1) is 18.8. The predicted molar refractivity (Wildman–Crippen MR) is 100 cm³/mol. The summed E-state index contributed by atoms with van der Waals surface area (Å²) < 4.78 is 10.5. The van der Waals surface area contributed by atoms with Crippen LogP contribution in [0.5, 0.6) is 11.5 Å². The standard InChI is InChI=1S/C21H27NO3/c1-15(2)18-9-5-16(6-10-18)8-12-21(23)22-14-17-7-11-19(24-3)20(13-17)25-4/h5-7,9-11,13,15H,8,12,14H2,1-4H3,(H,22,23). The van der Waals surface area contributed by atoms with E-state index in [1.54, 1.807) is 14.2 Å². The Labute approximate surface area is 150 Å². The van der Waals surface area contributed by atoms with Gasteiger partial charge >= 0.3 is 0 Å². The van der Waals surface area contributed by atoms with Gasteiger partial charge in [0.15, 0.2) is 11.5 Å². The smallest absolute Gasteiger partial charge is 0.220 e. The topological polar surface area (TPSA) is 47.6 Å². The van der Waals surface area contributed by atoms with Crippen molar-refractivity contribution in [3.8, 4) is 11.5 Å². The van der Waals surface area contributed by atoms with E-state index in [-0.39, 0.29) is 5.91 Å². The molecule has 4 heteroatoms. The summed E-state index contributed by atoms with van der Waals surface area (Å²) in [6.45, 7) is 4.83. The van der Waals surface area contributed by atoms with E-state index in [9.17, 15) is 4.79 Å². The van der Waals surface area contributed by atoms with Gasteiger partial charge in [-0.1, -0.05) is 44.2 Å². The summed E-state index contributed by atoms with van der Waals surface area (Å²) in [4.78, 5) is 12.1. The van der Waals surface area contributed by atoms with Crippen molar-refractivity contribution in [1.29, 1.82) is 0 Å². The molecule has 2 aromatic carbocycles. The zero-order chi connectivity index (χ0) is 18.2. The van der Waals surface area contributed by atoms with Crippen LogP contribution in [-0.4, -0.2) is 20.1 Å². The minimum absolute atomic E-state index is 0.0442. The molecular weight excluding hydrogens is 314 g/mol. The number of carbonyl (C=O) groups is 1. The zero-order valence-corrected chi connectivity index (χ0v) is 15.5. The van der Waals surface area contributed by atoms with Crippen molar-refractivity contribution in [1.82, 2.24) is 5.32 Å². The Balaban J connectivity index is 1.82. The fourth-order valence-corrected chi connectivity index (χ4v) is 2.61. The highest BCUT2D eigenvalue weighted by molar-refractivity contribution is 5.76. The largest absolute Gasteiger partial charge is 0.493 e. The highest BCUT2D eigenvalue weighted by Crippen LogP contribution is 2.27. The van der Waals surface area contributed by atoms with E-state index in [2.05, 4.69) is 43.4 Å². The molecule has 25 heavy (non-hydrogen) atoms. The molecule has 0 spiro atoms. The Morgan fingerprint density at radius 3 is 2.20 bits per heavy atom. The average Bonchev–Trinajstić information content (AvgIpc) is 2.64.